The fourth-order valence-electron chi connectivity index (χ4n) is 1.87. The molecule has 0 aliphatic heterocycles. The average Bonchev–Trinajstić information content (AvgIpc) is 2.14. The van der Waals surface area contributed by atoms with Crippen molar-refractivity contribution in [3.8, 4) is 0 Å². The number of carbonyl (C=O) groups is 1. The second kappa shape index (κ2) is 4.96. The van der Waals surface area contributed by atoms with Crippen LogP contribution in [0.2, 0.25) is 0 Å². The van der Waals surface area contributed by atoms with Crippen LogP contribution in [0.25, 0.3) is 0 Å². The lowest BCUT2D eigenvalue weighted by atomic mass is 9.85. The van der Waals surface area contributed by atoms with Gasteiger partial charge in [-0.1, -0.05) is 33.8 Å². The van der Waals surface area contributed by atoms with E-state index in [0.717, 1.165) is 37.2 Å². The molecule has 0 saturated carbocycles. The lowest BCUT2D eigenvalue weighted by Crippen LogP contribution is -2.13. The number of allylic oxidation sites excluding steroid dienone is 2. The minimum Gasteiger partial charge on any atom is -0.295 e. The van der Waals surface area contributed by atoms with E-state index in [9.17, 15) is 4.79 Å². The van der Waals surface area contributed by atoms with Gasteiger partial charge in [0.05, 0.1) is 0 Å². The monoisotopic (exact) mass is 208 g/mol. The fourth-order valence-corrected chi connectivity index (χ4v) is 1.87. The summed E-state index contributed by atoms with van der Waals surface area (Å²) >= 11 is 0. The Bertz CT molecular complexity index is 255. The quantitative estimate of drug-likeness (QED) is 0.681. The second-order valence-corrected chi connectivity index (χ2v) is 6.09. The van der Waals surface area contributed by atoms with Gasteiger partial charge in [0.1, 0.15) is 0 Å². The summed E-state index contributed by atoms with van der Waals surface area (Å²) in [6.45, 7) is 8.83. The summed E-state index contributed by atoms with van der Waals surface area (Å²) < 4.78 is 0. The maximum absolute atomic E-state index is 11.9. The Labute approximate surface area is 93.9 Å². The van der Waals surface area contributed by atoms with Gasteiger partial charge in [-0.25, -0.2) is 0 Å². The van der Waals surface area contributed by atoms with Crippen LogP contribution in [0.4, 0.5) is 0 Å². The molecular formula is C14H24O. The topological polar surface area (TPSA) is 17.1 Å². The van der Waals surface area contributed by atoms with Crippen LogP contribution in [0, 0.1) is 11.3 Å². The molecule has 86 valence electrons. The summed E-state index contributed by atoms with van der Waals surface area (Å²) in [5.41, 5.74) is 1.37. The molecule has 15 heavy (non-hydrogen) atoms. The first-order chi connectivity index (χ1) is 6.88. The van der Waals surface area contributed by atoms with Crippen LogP contribution in [0.15, 0.2) is 11.6 Å². The van der Waals surface area contributed by atoms with Gasteiger partial charge in [0.15, 0.2) is 5.78 Å². The van der Waals surface area contributed by atoms with Crippen LogP contribution in [-0.4, -0.2) is 5.78 Å². The van der Waals surface area contributed by atoms with Gasteiger partial charge >= 0.3 is 0 Å². The molecule has 0 fully saturated rings. The molecule has 0 N–H and O–H groups in total. The fraction of sp³-hybridized carbons (Fsp3) is 0.786. The van der Waals surface area contributed by atoms with Gasteiger partial charge in [-0.05, 0) is 42.6 Å². The number of hydrogen-bond donors (Lipinski definition) is 0. The maximum atomic E-state index is 11.9. The predicted molar refractivity (Wildman–Crippen MR) is 64.8 cm³/mol. The lowest BCUT2D eigenvalue weighted by molar-refractivity contribution is -0.116. The van der Waals surface area contributed by atoms with E-state index < -0.39 is 0 Å². The summed E-state index contributed by atoms with van der Waals surface area (Å²) in [4.78, 5) is 11.9. The zero-order valence-electron chi connectivity index (χ0n) is 10.6. The molecule has 0 aromatic rings. The van der Waals surface area contributed by atoms with E-state index in [4.69, 9.17) is 0 Å². The van der Waals surface area contributed by atoms with Crippen LogP contribution >= 0.6 is 0 Å². The molecule has 1 aliphatic carbocycles. The van der Waals surface area contributed by atoms with Crippen LogP contribution in [0.1, 0.15) is 59.8 Å². The Morgan fingerprint density at radius 3 is 2.60 bits per heavy atom. The standard InChI is InChI=1S/C14H24O/c1-11-5-7-12(8-6-11)13(15)9-10-14(2,3)4/h7,11H,5-6,8-10H2,1-4H3. The number of carbonyl (C=O) groups excluding carboxylic acids is 1. The van der Waals surface area contributed by atoms with Crippen molar-refractivity contribution in [1.29, 1.82) is 0 Å². The Morgan fingerprint density at radius 1 is 1.47 bits per heavy atom. The molecule has 0 aromatic heterocycles. The highest BCUT2D eigenvalue weighted by Gasteiger charge is 2.18. The Balaban J connectivity index is 2.41. The smallest absolute Gasteiger partial charge is 0.158 e. The van der Waals surface area contributed by atoms with Gasteiger partial charge in [0, 0.05) is 6.42 Å². The zero-order valence-corrected chi connectivity index (χ0v) is 10.6. The predicted octanol–water partition coefficient (Wildman–Crippen LogP) is 4.13. The first-order valence-corrected chi connectivity index (χ1v) is 6.11. The first kappa shape index (κ1) is 12.5. The van der Waals surface area contributed by atoms with Crippen molar-refractivity contribution in [3.05, 3.63) is 11.6 Å². The molecule has 1 atom stereocenters. The van der Waals surface area contributed by atoms with Crippen molar-refractivity contribution in [2.75, 3.05) is 0 Å². The number of Topliss-reactive ketones (excluding diaryl/α,β-unsaturated/α-hetero) is 1. The molecule has 1 aliphatic rings. The number of rotatable bonds is 3. The first-order valence-electron chi connectivity index (χ1n) is 6.11. The SMILES string of the molecule is CC1CC=C(C(=O)CCC(C)(C)C)CC1. The Kier molecular flexibility index (Phi) is 4.12. The van der Waals surface area contributed by atoms with E-state index >= 15 is 0 Å². The molecule has 0 saturated heterocycles. The van der Waals surface area contributed by atoms with Crippen molar-refractivity contribution in [2.45, 2.75) is 59.8 Å². The van der Waals surface area contributed by atoms with Gasteiger partial charge in [-0.2, -0.15) is 0 Å². The van der Waals surface area contributed by atoms with E-state index in [2.05, 4.69) is 33.8 Å². The third-order valence-corrected chi connectivity index (χ3v) is 3.13. The maximum Gasteiger partial charge on any atom is 0.158 e. The Hall–Kier alpha value is -0.590. The molecule has 0 spiro atoms. The molecule has 0 amide bonds. The van der Waals surface area contributed by atoms with Gasteiger partial charge in [-0.3, -0.25) is 4.79 Å². The van der Waals surface area contributed by atoms with Gasteiger partial charge in [0.25, 0.3) is 0 Å². The summed E-state index contributed by atoms with van der Waals surface area (Å²) in [6, 6.07) is 0. The van der Waals surface area contributed by atoms with Crippen LogP contribution in [0.3, 0.4) is 0 Å². The molecule has 1 heteroatoms. The minimum atomic E-state index is 0.276. The van der Waals surface area contributed by atoms with E-state index in [-0.39, 0.29) is 5.41 Å². The summed E-state index contributed by atoms with van der Waals surface area (Å²) in [5.74, 6) is 1.15. The number of ketones is 1. The summed E-state index contributed by atoms with van der Waals surface area (Å²) in [6.07, 6.45) is 7.18. The van der Waals surface area contributed by atoms with Crippen LogP contribution in [0.5, 0.6) is 0 Å². The average molecular weight is 208 g/mol. The molecule has 1 rings (SSSR count). The van der Waals surface area contributed by atoms with E-state index in [1.54, 1.807) is 0 Å². The normalized spacial score (nSPS) is 22.4. The van der Waals surface area contributed by atoms with Crippen molar-refractivity contribution in [2.24, 2.45) is 11.3 Å². The molecule has 0 aromatic carbocycles. The van der Waals surface area contributed by atoms with Crippen molar-refractivity contribution in [1.82, 2.24) is 0 Å². The highest BCUT2D eigenvalue weighted by Crippen LogP contribution is 2.27. The largest absolute Gasteiger partial charge is 0.295 e. The molecule has 1 unspecified atom stereocenters. The van der Waals surface area contributed by atoms with E-state index in [1.807, 2.05) is 0 Å². The minimum absolute atomic E-state index is 0.276. The third-order valence-electron chi connectivity index (χ3n) is 3.13. The Morgan fingerprint density at radius 2 is 2.13 bits per heavy atom. The van der Waals surface area contributed by atoms with Crippen LogP contribution in [-0.2, 0) is 4.79 Å². The highest BCUT2D eigenvalue weighted by atomic mass is 16.1. The third kappa shape index (κ3) is 4.63. The highest BCUT2D eigenvalue weighted by molar-refractivity contribution is 5.95. The molecule has 1 nitrogen and oxygen atoms in total. The molecule has 0 radical (unpaired) electrons. The van der Waals surface area contributed by atoms with E-state index in [1.165, 1.54) is 6.42 Å². The molecule has 0 bridgehead atoms. The van der Waals surface area contributed by atoms with Crippen molar-refractivity contribution < 1.29 is 4.79 Å². The van der Waals surface area contributed by atoms with Gasteiger partial charge in [-0.15, -0.1) is 0 Å². The van der Waals surface area contributed by atoms with Gasteiger partial charge in [0.2, 0.25) is 0 Å². The summed E-state index contributed by atoms with van der Waals surface area (Å²) in [5, 5.41) is 0. The molecular weight excluding hydrogens is 184 g/mol. The van der Waals surface area contributed by atoms with Crippen LogP contribution < -0.4 is 0 Å². The summed E-state index contributed by atoms with van der Waals surface area (Å²) in [7, 11) is 0. The zero-order chi connectivity index (χ0) is 11.5. The van der Waals surface area contributed by atoms with Crippen molar-refractivity contribution in [3.63, 3.8) is 0 Å². The van der Waals surface area contributed by atoms with Crippen molar-refractivity contribution >= 4 is 5.78 Å². The van der Waals surface area contributed by atoms with Gasteiger partial charge < -0.3 is 0 Å². The van der Waals surface area contributed by atoms with E-state index in [0.29, 0.717) is 5.78 Å². The number of hydrogen-bond acceptors (Lipinski definition) is 1. The molecule has 0 heterocycles. The lowest BCUT2D eigenvalue weighted by Gasteiger charge is -2.20. The second-order valence-electron chi connectivity index (χ2n) is 6.09.